The molecule has 0 saturated carbocycles. The van der Waals surface area contributed by atoms with Gasteiger partial charge in [-0.15, -0.1) is 0 Å². The first-order valence-electron chi connectivity index (χ1n) is 7.76. The van der Waals surface area contributed by atoms with Gasteiger partial charge in [-0.05, 0) is 23.8 Å². The van der Waals surface area contributed by atoms with E-state index in [1.54, 1.807) is 50.5 Å². The molecule has 0 aromatic heterocycles. The topological polar surface area (TPSA) is 89.8 Å². The normalized spacial score (nSPS) is 10.5. The van der Waals surface area contributed by atoms with Crippen LogP contribution in [0.15, 0.2) is 54.6 Å². The fourth-order valence-electron chi connectivity index (χ4n) is 2.02. The van der Waals surface area contributed by atoms with E-state index in [1.165, 1.54) is 29.2 Å². The number of nitro groups is 1. The van der Waals surface area contributed by atoms with Crippen LogP contribution in [0, 0.1) is 10.1 Å². The number of likely N-dealkylation sites (N-methyl/N-ethyl adjacent to an activating group) is 1. The Balaban J connectivity index is 2.07. The van der Waals surface area contributed by atoms with E-state index in [4.69, 9.17) is 4.74 Å². The lowest BCUT2D eigenvalue weighted by molar-refractivity contribution is -0.384. The summed E-state index contributed by atoms with van der Waals surface area (Å²) in [5, 5.41) is 10.8. The van der Waals surface area contributed by atoms with E-state index >= 15 is 0 Å². The minimum Gasteiger partial charge on any atom is -0.484 e. The number of hydrogen-bond acceptors (Lipinski definition) is 5. The van der Waals surface area contributed by atoms with E-state index < -0.39 is 4.92 Å². The van der Waals surface area contributed by atoms with Crippen molar-refractivity contribution in [3.8, 4) is 5.75 Å². The molecule has 7 nitrogen and oxygen atoms in total. The maximum absolute atomic E-state index is 12.3. The maximum atomic E-state index is 12.3. The van der Waals surface area contributed by atoms with Crippen molar-refractivity contribution < 1.29 is 19.2 Å². The van der Waals surface area contributed by atoms with E-state index in [1.807, 2.05) is 0 Å². The van der Waals surface area contributed by atoms with E-state index in [9.17, 15) is 19.7 Å². The molecule has 0 aliphatic heterocycles. The Morgan fingerprint density at radius 1 is 1.15 bits per heavy atom. The van der Waals surface area contributed by atoms with Crippen molar-refractivity contribution in [1.82, 2.24) is 4.90 Å². The van der Waals surface area contributed by atoms with Gasteiger partial charge in [0.1, 0.15) is 5.75 Å². The molecule has 0 atom stereocenters. The number of carbonyl (C=O) groups is 2. The van der Waals surface area contributed by atoms with Gasteiger partial charge in [0, 0.05) is 31.8 Å². The molecule has 0 aliphatic carbocycles. The number of allylic oxidation sites excluding steroid dienone is 1. The summed E-state index contributed by atoms with van der Waals surface area (Å²) < 4.78 is 5.38. The largest absolute Gasteiger partial charge is 0.484 e. The Morgan fingerprint density at radius 2 is 1.88 bits per heavy atom. The van der Waals surface area contributed by atoms with Gasteiger partial charge in [-0.1, -0.05) is 30.3 Å². The van der Waals surface area contributed by atoms with Crippen LogP contribution in [0.25, 0.3) is 6.08 Å². The van der Waals surface area contributed by atoms with Crippen LogP contribution in [0.5, 0.6) is 5.75 Å². The maximum Gasteiger partial charge on any atom is 0.270 e. The van der Waals surface area contributed by atoms with Gasteiger partial charge in [-0.3, -0.25) is 19.7 Å². The Labute approximate surface area is 150 Å². The third-order valence-corrected chi connectivity index (χ3v) is 3.49. The summed E-state index contributed by atoms with van der Waals surface area (Å²) in [7, 11) is 3.26. The van der Waals surface area contributed by atoms with Crippen molar-refractivity contribution in [2.45, 2.75) is 0 Å². The highest BCUT2D eigenvalue weighted by Crippen LogP contribution is 2.17. The molecule has 26 heavy (non-hydrogen) atoms. The van der Waals surface area contributed by atoms with Crippen LogP contribution in [0.1, 0.15) is 15.9 Å². The monoisotopic (exact) mass is 354 g/mol. The highest BCUT2D eigenvalue weighted by Gasteiger charge is 2.08. The summed E-state index contributed by atoms with van der Waals surface area (Å²) in [6.07, 6.45) is 2.85. The third kappa shape index (κ3) is 5.27. The zero-order valence-corrected chi connectivity index (χ0v) is 14.4. The minimum atomic E-state index is -0.491. The number of nitro benzene ring substituents is 1. The van der Waals surface area contributed by atoms with Crippen molar-refractivity contribution in [1.29, 1.82) is 0 Å². The van der Waals surface area contributed by atoms with Crippen molar-refractivity contribution in [3.05, 3.63) is 75.8 Å². The third-order valence-electron chi connectivity index (χ3n) is 3.49. The number of nitrogens with zero attached hydrogens (tertiary/aromatic N) is 2. The second-order valence-corrected chi connectivity index (χ2v) is 5.65. The fraction of sp³-hybridized carbons (Fsp3) is 0.158. The number of non-ortho nitro benzene ring substituents is 1. The van der Waals surface area contributed by atoms with Gasteiger partial charge in [0.25, 0.3) is 11.6 Å². The summed E-state index contributed by atoms with van der Waals surface area (Å²) in [4.78, 5) is 35.5. The lowest BCUT2D eigenvalue weighted by Crippen LogP contribution is -2.27. The van der Waals surface area contributed by atoms with E-state index in [-0.39, 0.29) is 24.0 Å². The summed E-state index contributed by atoms with van der Waals surface area (Å²) in [6, 6.07) is 12.5. The second kappa shape index (κ2) is 8.57. The smallest absolute Gasteiger partial charge is 0.270 e. The van der Waals surface area contributed by atoms with Gasteiger partial charge >= 0.3 is 0 Å². The Hall–Kier alpha value is -3.48. The minimum absolute atomic E-state index is 0.0412. The van der Waals surface area contributed by atoms with Gasteiger partial charge in [-0.25, -0.2) is 0 Å². The standard InChI is InChI=1S/C19H18N2O5/c1-20(2)19(23)13-26-17-8-4-6-15(12-17)18(22)10-9-14-5-3-7-16(11-14)21(24)25/h3-12H,13H2,1-2H3. The quantitative estimate of drug-likeness (QED) is 0.330. The first-order valence-corrected chi connectivity index (χ1v) is 7.76. The number of amides is 1. The molecule has 2 aromatic carbocycles. The zero-order chi connectivity index (χ0) is 19.1. The molecule has 0 aliphatic rings. The van der Waals surface area contributed by atoms with Crippen LogP contribution >= 0.6 is 0 Å². The van der Waals surface area contributed by atoms with Crippen LogP contribution in [0.3, 0.4) is 0 Å². The average Bonchev–Trinajstić information content (AvgIpc) is 2.64. The number of benzene rings is 2. The summed E-state index contributed by atoms with van der Waals surface area (Å²) >= 11 is 0. The van der Waals surface area contributed by atoms with Crippen molar-refractivity contribution >= 4 is 23.5 Å². The number of hydrogen-bond donors (Lipinski definition) is 0. The zero-order valence-electron chi connectivity index (χ0n) is 14.4. The SMILES string of the molecule is CN(C)C(=O)COc1cccc(C(=O)C=Cc2cccc([N+](=O)[O-])c2)c1. The Morgan fingerprint density at radius 3 is 2.58 bits per heavy atom. The molecular weight excluding hydrogens is 336 g/mol. The molecule has 2 rings (SSSR count). The summed E-state index contributed by atoms with van der Waals surface area (Å²) in [5.41, 5.74) is 0.901. The first-order chi connectivity index (χ1) is 12.4. The second-order valence-electron chi connectivity index (χ2n) is 5.65. The van der Waals surface area contributed by atoms with Crippen molar-refractivity contribution in [2.24, 2.45) is 0 Å². The van der Waals surface area contributed by atoms with E-state index in [2.05, 4.69) is 0 Å². The summed E-state index contributed by atoms with van der Waals surface area (Å²) in [5.74, 6) is -0.0528. The number of ether oxygens (including phenoxy) is 1. The van der Waals surface area contributed by atoms with Gasteiger partial charge in [0.2, 0.25) is 0 Å². The van der Waals surface area contributed by atoms with Crippen molar-refractivity contribution in [2.75, 3.05) is 20.7 Å². The van der Waals surface area contributed by atoms with E-state index in [0.29, 0.717) is 16.9 Å². The lowest BCUT2D eigenvalue weighted by atomic mass is 10.1. The Bertz CT molecular complexity index is 859. The molecule has 0 N–H and O–H groups in total. The van der Waals surface area contributed by atoms with Gasteiger partial charge in [0.15, 0.2) is 12.4 Å². The Kier molecular flexibility index (Phi) is 6.21. The predicted octanol–water partition coefficient (Wildman–Crippen LogP) is 2.96. The highest BCUT2D eigenvalue weighted by molar-refractivity contribution is 6.07. The average molecular weight is 354 g/mol. The molecule has 0 spiro atoms. The lowest BCUT2D eigenvalue weighted by Gasteiger charge is -2.11. The van der Waals surface area contributed by atoms with E-state index in [0.717, 1.165) is 0 Å². The number of rotatable bonds is 7. The van der Waals surface area contributed by atoms with Crippen molar-refractivity contribution in [3.63, 3.8) is 0 Å². The highest BCUT2D eigenvalue weighted by atomic mass is 16.6. The molecule has 0 radical (unpaired) electrons. The fourth-order valence-corrected chi connectivity index (χ4v) is 2.02. The van der Waals surface area contributed by atoms with Crippen LogP contribution in [0.2, 0.25) is 0 Å². The summed E-state index contributed by atoms with van der Waals surface area (Å²) in [6.45, 7) is -0.117. The van der Waals surface area contributed by atoms with Crippen LogP contribution in [-0.4, -0.2) is 42.2 Å². The van der Waals surface area contributed by atoms with Gasteiger partial charge in [0.05, 0.1) is 4.92 Å². The molecule has 0 unspecified atom stereocenters. The molecule has 2 aromatic rings. The molecule has 1 amide bonds. The molecule has 7 heteroatoms. The molecule has 0 bridgehead atoms. The molecule has 0 saturated heterocycles. The van der Waals surface area contributed by atoms with Gasteiger partial charge < -0.3 is 9.64 Å². The molecule has 0 fully saturated rings. The van der Waals surface area contributed by atoms with Crippen LogP contribution < -0.4 is 4.74 Å². The molecule has 0 heterocycles. The molecular formula is C19H18N2O5. The van der Waals surface area contributed by atoms with Crippen LogP contribution in [0.4, 0.5) is 5.69 Å². The van der Waals surface area contributed by atoms with Gasteiger partial charge in [-0.2, -0.15) is 0 Å². The first kappa shape index (κ1) is 18.9. The number of ketones is 1. The number of carbonyl (C=O) groups excluding carboxylic acids is 2. The predicted molar refractivity (Wildman–Crippen MR) is 97.1 cm³/mol. The molecule has 134 valence electrons. The van der Waals surface area contributed by atoms with Crippen LogP contribution in [-0.2, 0) is 4.79 Å².